The number of hydrogen-bond donors (Lipinski definition) is 1. The van der Waals surface area contributed by atoms with Gasteiger partial charge in [-0.15, -0.1) is 0 Å². The molecule has 0 bridgehead atoms. The maximum Gasteiger partial charge on any atom is 0.350 e. The van der Waals surface area contributed by atoms with Crippen LogP contribution in [0, 0.1) is 6.92 Å². The molecule has 2 rings (SSSR count). The van der Waals surface area contributed by atoms with Gasteiger partial charge in [-0.25, -0.2) is 9.78 Å². The topological polar surface area (TPSA) is 66.8 Å². The van der Waals surface area contributed by atoms with Crippen LogP contribution >= 0.6 is 11.3 Å². The predicted octanol–water partition coefficient (Wildman–Crippen LogP) is 3.53. The molecule has 6 nitrogen and oxygen atoms in total. The van der Waals surface area contributed by atoms with Gasteiger partial charge in [0.1, 0.15) is 4.88 Å². The van der Waals surface area contributed by atoms with Crippen molar-refractivity contribution in [2.45, 2.75) is 20.8 Å². The number of esters is 1. The Labute approximate surface area is 146 Å². The number of aryl methyl sites for hydroxylation is 1. The number of benzene rings is 1. The first kappa shape index (κ1) is 17.9. The molecule has 0 saturated carbocycles. The van der Waals surface area contributed by atoms with E-state index < -0.39 is 0 Å². The molecule has 0 aliphatic heterocycles. The van der Waals surface area contributed by atoms with Crippen molar-refractivity contribution in [3.63, 3.8) is 0 Å². The second kappa shape index (κ2) is 8.44. The minimum atomic E-state index is -0.381. The second-order valence-corrected chi connectivity index (χ2v) is 6.06. The van der Waals surface area contributed by atoms with Crippen LogP contribution in [-0.4, -0.2) is 37.4 Å². The van der Waals surface area contributed by atoms with Gasteiger partial charge in [0.05, 0.1) is 19.0 Å². The van der Waals surface area contributed by atoms with Crippen molar-refractivity contribution in [1.82, 2.24) is 4.98 Å². The SMILES string of the molecule is CCN(CC)c1ccc(/C=N\Nc2nc(C)c(C(=O)OC)s2)cc1. The van der Waals surface area contributed by atoms with Crippen molar-refractivity contribution in [3.8, 4) is 0 Å². The van der Waals surface area contributed by atoms with E-state index >= 15 is 0 Å². The van der Waals surface area contributed by atoms with Crippen LogP contribution in [0.4, 0.5) is 10.8 Å². The number of thiazole rings is 1. The molecule has 0 amide bonds. The summed E-state index contributed by atoms with van der Waals surface area (Å²) in [6.07, 6.45) is 1.72. The minimum Gasteiger partial charge on any atom is -0.465 e. The highest BCUT2D eigenvalue weighted by atomic mass is 32.1. The Morgan fingerprint density at radius 2 is 2.00 bits per heavy atom. The third-order valence-corrected chi connectivity index (χ3v) is 4.61. The lowest BCUT2D eigenvalue weighted by atomic mass is 10.2. The van der Waals surface area contributed by atoms with Gasteiger partial charge in [-0.05, 0) is 38.5 Å². The lowest BCUT2D eigenvalue weighted by molar-refractivity contribution is 0.0605. The van der Waals surface area contributed by atoms with Crippen molar-refractivity contribution in [3.05, 3.63) is 40.4 Å². The van der Waals surface area contributed by atoms with Crippen LogP contribution in [0.2, 0.25) is 0 Å². The fraction of sp³-hybridized carbons (Fsp3) is 0.353. The summed E-state index contributed by atoms with van der Waals surface area (Å²) in [5.41, 5.74) is 5.67. The van der Waals surface area contributed by atoms with E-state index in [2.05, 4.69) is 46.4 Å². The summed E-state index contributed by atoms with van der Waals surface area (Å²) in [5, 5.41) is 4.73. The fourth-order valence-electron chi connectivity index (χ4n) is 2.25. The van der Waals surface area contributed by atoms with Gasteiger partial charge < -0.3 is 9.64 Å². The highest BCUT2D eigenvalue weighted by Gasteiger charge is 2.15. The molecular weight excluding hydrogens is 324 g/mol. The summed E-state index contributed by atoms with van der Waals surface area (Å²) in [7, 11) is 1.36. The third kappa shape index (κ3) is 4.32. The molecule has 7 heteroatoms. The van der Waals surface area contributed by atoms with Gasteiger partial charge in [-0.2, -0.15) is 5.10 Å². The summed E-state index contributed by atoms with van der Waals surface area (Å²) < 4.78 is 4.71. The highest BCUT2D eigenvalue weighted by Crippen LogP contribution is 2.23. The van der Waals surface area contributed by atoms with Crippen molar-refractivity contribution in [2.24, 2.45) is 5.10 Å². The van der Waals surface area contributed by atoms with Crippen molar-refractivity contribution < 1.29 is 9.53 Å². The smallest absolute Gasteiger partial charge is 0.350 e. The number of hydrazone groups is 1. The Morgan fingerprint density at radius 1 is 1.33 bits per heavy atom. The van der Waals surface area contributed by atoms with Crippen LogP contribution < -0.4 is 10.3 Å². The minimum absolute atomic E-state index is 0.381. The molecule has 1 aromatic carbocycles. The van der Waals surface area contributed by atoms with E-state index in [0.717, 1.165) is 18.7 Å². The molecule has 2 aromatic rings. The Kier molecular flexibility index (Phi) is 6.31. The molecule has 128 valence electrons. The first-order valence-corrected chi connectivity index (χ1v) is 8.60. The second-order valence-electron chi connectivity index (χ2n) is 5.06. The summed E-state index contributed by atoms with van der Waals surface area (Å²) in [6.45, 7) is 8.02. The molecule has 0 unspecified atom stereocenters. The molecule has 1 aromatic heterocycles. The molecule has 0 aliphatic carbocycles. The van der Waals surface area contributed by atoms with E-state index in [-0.39, 0.29) is 5.97 Å². The number of carbonyl (C=O) groups excluding carboxylic acids is 1. The largest absolute Gasteiger partial charge is 0.465 e. The highest BCUT2D eigenvalue weighted by molar-refractivity contribution is 7.17. The van der Waals surface area contributed by atoms with Gasteiger partial charge in [0.15, 0.2) is 0 Å². The Morgan fingerprint density at radius 3 is 2.58 bits per heavy atom. The molecular formula is C17H22N4O2S. The van der Waals surface area contributed by atoms with Crippen LogP contribution in [-0.2, 0) is 4.74 Å². The number of carbonyl (C=O) groups is 1. The van der Waals surface area contributed by atoms with Gasteiger partial charge in [0, 0.05) is 18.8 Å². The molecule has 0 fully saturated rings. The van der Waals surface area contributed by atoms with E-state index in [1.807, 2.05) is 12.1 Å². The summed E-state index contributed by atoms with van der Waals surface area (Å²) >= 11 is 1.22. The number of nitrogens with one attached hydrogen (secondary N) is 1. The lowest BCUT2D eigenvalue weighted by Crippen LogP contribution is -2.21. The average molecular weight is 346 g/mol. The van der Waals surface area contributed by atoms with Crippen LogP contribution in [0.25, 0.3) is 0 Å². The summed E-state index contributed by atoms with van der Waals surface area (Å²) in [6, 6.07) is 8.20. The zero-order valence-electron chi connectivity index (χ0n) is 14.4. The summed E-state index contributed by atoms with van der Waals surface area (Å²) in [5.74, 6) is -0.381. The van der Waals surface area contributed by atoms with Gasteiger partial charge in [-0.1, -0.05) is 23.5 Å². The van der Waals surface area contributed by atoms with E-state index in [9.17, 15) is 4.79 Å². The molecule has 0 saturated heterocycles. The van der Waals surface area contributed by atoms with Crippen molar-refractivity contribution >= 4 is 34.3 Å². The normalized spacial score (nSPS) is 10.8. The number of methoxy groups -OCH3 is 1. The molecule has 1 heterocycles. The van der Waals surface area contributed by atoms with E-state index in [1.54, 1.807) is 13.1 Å². The average Bonchev–Trinajstić information content (AvgIpc) is 2.97. The van der Waals surface area contributed by atoms with Crippen molar-refractivity contribution in [1.29, 1.82) is 0 Å². The van der Waals surface area contributed by atoms with Crippen LogP contribution in [0.15, 0.2) is 29.4 Å². The van der Waals surface area contributed by atoms with Crippen LogP contribution in [0.5, 0.6) is 0 Å². The Balaban J connectivity index is 2.00. The maximum absolute atomic E-state index is 11.6. The Bertz CT molecular complexity index is 706. The first-order valence-electron chi connectivity index (χ1n) is 7.78. The molecule has 0 radical (unpaired) electrons. The van der Waals surface area contributed by atoms with Gasteiger partial charge in [0.2, 0.25) is 5.13 Å². The predicted molar refractivity (Wildman–Crippen MR) is 99.4 cm³/mol. The standard InChI is InChI=1S/C17H22N4O2S/c1-5-21(6-2)14-9-7-13(8-10-14)11-18-20-17-19-12(3)15(24-17)16(22)23-4/h7-11H,5-6H2,1-4H3,(H,19,20)/b18-11-. The summed E-state index contributed by atoms with van der Waals surface area (Å²) in [4.78, 5) is 18.6. The molecule has 1 N–H and O–H groups in total. The first-order chi connectivity index (χ1) is 11.6. The Hall–Kier alpha value is -2.41. The lowest BCUT2D eigenvalue weighted by Gasteiger charge is -2.20. The zero-order valence-corrected chi connectivity index (χ0v) is 15.2. The van der Waals surface area contributed by atoms with Crippen molar-refractivity contribution in [2.75, 3.05) is 30.5 Å². The van der Waals surface area contributed by atoms with E-state index in [0.29, 0.717) is 15.7 Å². The van der Waals surface area contributed by atoms with Crippen LogP contribution in [0.1, 0.15) is 34.8 Å². The van der Waals surface area contributed by atoms with Crippen LogP contribution in [0.3, 0.4) is 0 Å². The van der Waals surface area contributed by atoms with E-state index in [4.69, 9.17) is 4.74 Å². The van der Waals surface area contributed by atoms with Gasteiger partial charge in [-0.3, -0.25) is 5.43 Å². The van der Waals surface area contributed by atoms with E-state index in [1.165, 1.54) is 24.1 Å². The number of hydrogen-bond acceptors (Lipinski definition) is 7. The number of anilines is 2. The number of nitrogens with zero attached hydrogens (tertiary/aromatic N) is 3. The number of aromatic nitrogens is 1. The van der Waals surface area contributed by atoms with Gasteiger partial charge >= 0.3 is 5.97 Å². The molecule has 0 atom stereocenters. The molecule has 0 aliphatic rings. The van der Waals surface area contributed by atoms with Gasteiger partial charge in [0.25, 0.3) is 0 Å². The monoisotopic (exact) mass is 346 g/mol. The molecule has 0 spiro atoms. The number of ether oxygens (including phenoxy) is 1. The maximum atomic E-state index is 11.6. The molecule has 24 heavy (non-hydrogen) atoms. The zero-order chi connectivity index (χ0) is 17.5. The fourth-order valence-corrected chi connectivity index (χ4v) is 3.08. The third-order valence-electron chi connectivity index (χ3n) is 3.56. The quantitative estimate of drug-likeness (QED) is 0.472. The number of rotatable bonds is 7.